The molecule has 24 heavy (non-hydrogen) atoms. The number of amides is 1. The summed E-state index contributed by atoms with van der Waals surface area (Å²) in [6, 6.07) is 5.60. The molecule has 3 aliphatic heterocycles. The summed E-state index contributed by atoms with van der Waals surface area (Å²) in [6.07, 6.45) is 2.26. The fourth-order valence-electron chi connectivity index (χ4n) is 4.68. The van der Waals surface area contributed by atoms with Crippen molar-refractivity contribution in [2.24, 2.45) is 5.92 Å². The van der Waals surface area contributed by atoms with Gasteiger partial charge < -0.3 is 18.9 Å². The molecule has 1 saturated carbocycles. The van der Waals surface area contributed by atoms with E-state index in [4.69, 9.17) is 18.9 Å². The predicted molar refractivity (Wildman–Crippen MR) is 79.5 cm³/mol. The zero-order chi connectivity index (χ0) is 16.4. The molecule has 1 N–H and O–H groups in total. The van der Waals surface area contributed by atoms with Gasteiger partial charge in [-0.3, -0.25) is 10.0 Å². The van der Waals surface area contributed by atoms with E-state index < -0.39 is 11.3 Å². The van der Waals surface area contributed by atoms with Crippen molar-refractivity contribution in [3.05, 3.63) is 23.8 Å². The summed E-state index contributed by atoms with van der Waals surface area (Å²) in [7, 11) is 0. The maximum absolute atomic E-state index is 12.3. The third-order valence-electron chi connectivity index (χ3n) is 5.81. The highest BCUT2D eigenvalue weighted by atomic mass is 16.7. The molecule has 1 aliphatic carbocycles. The van der Waals surface area contributed by atoms with Crippen molar-refractivity contribution >= 4 is 5.91 Å². The van der Waals surface area contributed by atoms with Gasteiger partial charge in [0.2, 0.25) is 12.7 Å². The first kappa shape index (κ1) is 14.5. The van der Waals surface area contributed by atoms with Gasteiger partial charge in [-0.15, -0.1) is 0 Å². The first-order valence-electron chi connectivity index (χ1n) is 8.33. The Balaban J connectivity index is 1.63. The number of hydroxylamine groups is 2. The predicted octanol–water partition coefficient (Wildman–Crippen LogP) is 1.78. The minimum atomic E-state index is -0.847. The van der Waals surface area contributed by atoms with E-state index in [2.05, 4.69) is 0 Å². The van der Waals surface area contributed by atoms with Gasteiger partial charge in [0, 0.05) is 19.3 Å². The third-order valence-corrected chi connectivity index (χ3v) is 5.81. The maximum Gasteiger partial charge on any atom is 0.247 e. The summed E-state index contributed by atoms with van der Waals surface area (Å²) in [6.45, 7) is 1.27. The number of fused-ring (bicyclic) bond motifs is 2. The number of nitrogens with zero attached hydrogens (tertiary/aromatic N) is 1. The van der Waals surface area contributed by atoms with E-state index in [0.717, 1.165) is 23.5 Å². The second-order valence-electron chi connectivity index (χ2n) is 6.92. The number of rotatable bonds is 1. The van der Waals surface area contributed by atoms with Crippen LogP contribution in [-0.4, -0.2) is 42.0 Å². The maximum atomic E-state index is 12.3. The number of carbonyl (C=O) groups is 1. The van der Waals surface area contributed by atoms with Crippen LogP contribution in [0, 0.1) is 5.92 Å². The van der Waals surface area contributed by atoms with E-state index in [-0.39, 0.29) is 18.6 Å². The highest BCUT2D eigenvalue weighted by Crippen LogP contribution is 2.57. The van der Waals surface area contributed by atoms with Gasteiger partial charge in [0.05, 0.1) is 13.2 Å². The van der Waals surface area contributed by atoms with Crippen LogP contribution in [0.2, 0.25) is 0 Å². The van der Waals surface area contributed by atoms with E-state index in [1.165, 1.54) is 0 Å². The van der Waals surface area contributed by atoms with E-state index in [1.807, 2.05) is 18.2 Å². The molecule has 3 heterocycles. The molecular formula is C17H19NO6. The molecule has 1 amide bonds. The Hall–Kier alpha value is -1.83. The van der Waals surface area contributed by atoms with Gasteiger partial charge in [0.1, 0.15) is 5.54 Å². The molecule has 0 bridgehead atoms. The smallest absolute Gasteiger partial charge is 0.247 e. The molecule has 2 atom stereocenters. The molecule has 1 spiro atoms. The number of benzene rings is 1. The Morgan fingerprint density at radius 3 is 2.79 bits per heavy atom. The summed E-state index contributed by atoms with van der Waals surface area (Å²) in [5.41, 5.74) is -0.0102. The van der Waals surface area contributed by atoms with Crippen LogP contribution in [0.1, 0.15) is 31.2 Å². The largest absolute Gasteiger partial charge is 0.454 e. The molecule has 4 aliphatic rings. The van der Waals surface area contributed by atoms with Crippen LogP contribution < -0.4 is 9.47 Å². The highest BCUT2D eigenvalue weighted by molar-refractivity contribution is 5.79. The van der Waals surface area contributed by atoms with E-state index in [9.17, 15) is 10.0 Å². The van der Waals surface area contributed by atoms with Crippen LogP contribution in [0.15, 0.2) is 18.2 Å². The Morgan fingerprint density at radius 1 is 1.17 bits per heavy atom. The number of ether oxygens (including phenoxy) is 4. The summed E-state index contributed by atoms with van der Waals surface area (Å²) < 4.78 is 22.6. The first-order chi connectivity index (χ1) is 11.6. The molecule has 1 aromatic rings. The van der Waals surface area contributed by atoms with Gasteiger partial charge in [0.25, 0.3) is 0 Å². The number of carbonyl (C=O) groups excluding carboxylic acids is 1. The molecule has 0 unspecified atom stereocenters. The molecule has 2 saturated heterocycles. The van der Waals surface area contributed by atoms with Crippen molar-refractivity contribution in [1.82, 2.24) is 5.06 Å². The summed E-state index contributed by atoms with van der Waals surface area (Å²) in [4.78, 5) is 12.3. The van der Waals surface area contributed by atoms with E-state index in [1.54, 1.807) is 0 Å². The highest BCUT2D eigenvalue weighted by Gasteiger charge is 2.62. The fourth-order valence-corrected chi connectivity index (χ4v) is 4.68. The Morgan fingerprint density at radius 2 is 1.96 bits per heavy atom. The second kappa shape index (κ2) is 4.84. The van der Waals surface area contributed by atoms with Crippen molar-refractivity contribution in [3.8, 4) is 11.5 Å². The minimum Gasteiger partial charge on any atom is -0.454 e. The van der Waals surface area contributed by atoms with Crippen molar-refractivity contribution in [1.29, 1.82) is 0 Å². The van der Waals surface area contributed by atoms with Gasteiger partial charge in [-0.1, -0.05) is 6.07 Å². The van der Waals surface area contributed by atoms with Crippen LogP contribution in [0.3, 0.4) is 0 Å². The third kappa shape index (κ3) is 1.80. The molecule has 128 valence electrons. The van der Waals surface area contributed by atoms with Crippen LogP contribution in [0.25, 0.3) is 0 Å². The number of hydrogen-bond donors (Lipinski definition) is 1. The van der Waals surface area contributed by atoms with Crippen LogP contribution in [0.5, 0.6) is 11.5 Å². The molecule has 0 radical (unpaired) electrons. The van der Waals surface area contributed by atoms with Gasteiger partial charge in [-0.25, -0.2) is 5.06 Å². The number of hydrogen-bond acceptors (Lipinski definition) is 6. The van der Waals surface area contributed by atoms with Gasteiger partial charge >= 0.3 is 0 Å². The van der Waals surface area contributed by atoms with Crippen LogP contribution in [0.4, 0.5) is 0 Å². The Labute approximate surface area is 139 Å². The van der Waals surface area contributed by atoms with E-state index >= 15 is 0 Å². The molecule has 0 aromatic heterocycles. The fraction of sp³-hybridized carbons (Fsp3) is 0.588. The molecular weight excluding hydrogens is 314 g/mol. The summed E-state index contributed by atoms with van der Waals surface area (Å²) in [5, 5.41) is 11.6. The van der Waals surface area contributed by atoms with Gasteiger partial charge in [-0.2, -0.15) is 0 Å². The normalized spacial score (nSPS) is 33.3. The van der Waals surface area contributed by atoms with Gasteiger partial charge in [-0.05, 0) is 30.0 Å². The summed E-state index contributed by atoms with van der Waals surface area (Å²) in [5.74, 6) is 0.362. The topological polar surface area (TPSA) is 77.5 Å². The Kier molecular flexibility index (Phi) is 2.93. The molecule has 1 aromatic carbocycles. The van der Waals surface area contributed by atoms with Gasteiger partial charge in [0.15, 0.2) is 17.3 Å². The zero-order valence-electron chi connectivity index (χ0n) is 13.2. The average molecular weight is 333 g/mol. The van der Waals surface area contributed by atoms with Crippen molar-refractivity contribution < 1.29 is 28.9 Å². The van der Waals surface area contributed by atoms with Crippen LogP contribution in [-0.2, 0) is 19.8 Å². The SMILES string of the molecule is O=C1C[C@@H]2CCC3(C[C@]2(c2ccc4c(c2)OCO4)N1O)OCCO3. The lowest BCUT2D eigenvalue weighted by molar-refractivity contribution is -0.249. The minimum absolute atomic E-state index is 0.0220. The van der Waals surface area contributed by atoms with Crippen molar-refractivity contribution in [2.45, 2.75) is 37.0 Å². The molecule has 3 fully saturated rings. The Bertz CT molecular complexity index is 700. The first-order valence-corrected chi connectivity index (χ1v) is 8.33. The van der Waals surface area contributed by atoms with Crippen LogP contribution >= 0.6 is 0 Å². The molecule has 7 heteroatoms. The summed E-state index contributed by atoms with van der Waals surface area (Å²) >= 11 is 0. The quantitative estimate of drug-likeness (QED) is 0.790. The molecule has 5 rings (SSSR count). The lowest BCUT2D eigenvalue weighted by Crippen LogP contribution is -2.54. The lowest BCUT2D eigenvalue weighted by Gasteiger charge is -2.48. The standard InChI is InChI=1S/C17H19NO6/c19-15-8-12-3-4-16(23-5-6-24-16)9-17(12,18(15)20)11-1-2-13-14(7-11)22-10-21-13/h1-2,7,12,20H,3-6,8-10H2/t12-,17+/m0/s1. The average Bonchev–Trinajstić information content (AvgIpc) is 3.29. The molecule has 7 nitrogen and oxygen atoms in total. The van der Waals surface area contributed by atoms with Crippen molar-refractivity contribution in [2.75, 3.05) is 20.0 Å². The lowest BCUT2D eigenvalue weighted by atomic mass is 9.67. The monoisotopic (exact) mass is 333 g/mol. The zero-order valence-corrected chi connectivity index (χ0v) is 13.2. The van der Waals surface area contributed by atoms with E-state index in [0.29, 0.717) is 37.6 Å². The van der Waals surface area contributed by atoms with Crippen molar-refractivity contribution in [3.63, 3.8) is 0 Å². The second-order valence-corrected chi connectivity index (χ2v) is 6.92.